The molecular formula is C40H36IrN2SSi-2. The maximum Gasteiger partial charge on any atom is 0.0795 e. The molecule has 0 saturated heterocycles. The number of rotatable bonds is 5. The van der Waals surface area contributed by atoms with Gasteiger partial charge in [-0.1, -0.05) is 111 Å². The molecule has 4 aromatic carbocycles. The van der Waals surface area contributed by atoms with Gasteiger partial charge < -0.3 is 9.97 Å². The molecule has 3 aromatic heterocycles. The van der Waals surface area contributed by atoms with Crippen LogP contribution in [0.5, 0.6) is 0 Å². The van der Waals surface area contributed by atoms with Crippen molar-refractivity contribution in [2.75, 3.05) is 0 Å². The van der Waals surface area contributed by atoms with E-state index < -0.39 is 8.07 Å². The van der Waals surface area contributed by atoms with Gasteiger partial charge in [-0.25, -0.2) is 0 Å². The predicted molar refractivity (Wildman–Crippen MR) is 192 cm³/mol. The Balaban J connectivity index is 0.000000202. The Kier molecular flexibility index (Phi) is 10.3. The van der Waals surface area contributed by atoms with Gasteiger partial charge in [0.15, 0.2) is 0 Å². The number of nitrogens with zero attached hydrogens (tertiary/aromatic N) is 2. The molecule has 0 spiro atoms. The van der Waals surface area contributed by atoms with Crippen LogP contribution in [0.1, 0.15) is 25.3 Å². The fourth-order valence-corrected chi connectivity index (χ4v) is 7.53. The fraction of sp³-hybridized carbons (Fsp3) is 0.150. The smallest absolute Gasteiger partial charge is 0.0795 e. The second-order valence-electron chi connectivity index (χ2n) is 12.4. The first-order valence-electron chi connectivity index (χ1n) is 15.1. The Morgan fingerprint density at radius 1 is 0.711 bits per heavy atom. The monoisotopic (exact) mass is 797 g/mol. The second-order valence-corrected chi connectivity index (χ2v) is 18.5. The van der Waals surface area contributed by atoms with E-state index in [0.29, 0.717) is 5.92 Å². The van der Waals surface area contributed by atoms with Crippen molar-refractivity contribution in [3.05, 3.63) is 139 Å². The van der Waals surface area contributed by atoms with E-state index in [-0.39, 0.29) is 20.1 Å². The molecule has 7 aromatic rings. The molecular weight excluding hydrogens is 761 g/mol. The Morgan fingerprint density at radius 2 is 1.51 bits per heavy atom. The summed E-state index contributed by atoms with van der Waals surface area (Å²) in [6.07, 6.45) is 3.92. The average Bonchev–Trinajstić information content (AvgIpc) is 3.44. The van der Waals surface area contributed by atoms with Gasteiger partial charge in [0, 0.05) is 37.2 Å². The fourth-order valence-electron chi connectivity index (χ4n) is 5.23. The van der Waals surface area contributed by atoms with E-state index in [1.54, 1.807) is 0 Å². The summed E-state index contributed by atoms with van der Waals surface area (Å²) in [5.41, 5.74) is 7.97. The molecule has 0 unspecified atom stereocenters. The molecule has 0 saturated carbocycles. The standard InChI is InChI=1S/C26H20NS.C14H16NSi.Ir/c1-17(2)19-13-14-27-24(15-19)20-11-12-22-23-10-6-9-21(18-7-4-3-5-8-18)26(23)28-25(22)16-20;1-16(2,3)13-9-10-14(15-11-13)12-7-5-4-6-8-12;/h3-10,12-17H,1-2H3;4-7,9-11H,1-3H3;/q2*-1;. The number of hydrogen-bond donors (Lipinski definition) is 0. The molecule has 0 fully saturated rings. The van der Waals surface area contributed by atoms with Crippen molar-refractivity contribution in [2.24, 2.45) is 0 Å². The van der Waals surface area contributed by atoms with E-state index in [1.165, 1.54) is 42.0 Å². The summed E-state index contributed by atoms with van der Waals surface area (Å²) >= 11 is 1.85. The van der Waals surface area contributed by atoms with E-state index in [2.05, 4.69) is 141 Å². The van der Waals surface area contributed by atoms with E-state index in [0.717, 1.165) is 22.5 Å². The molecule has 0 amide bonds. The average molecular weight is 797 g/mol. The van der Waals surface area contributed by atoms with Gasteiger partial charge in [0.25, 0.3) is 0 Å². The van der Waals surface area contributed by atoms with Crippen LogP contribution in [-0.2, 0) is 20.1 Å². The normalized spacial score (nSPS) is 11.2. The van der Waals surface area contributed by atoms with Crippen LogP contribution in [0.2, 0.25) is 19.6 Å². The molecule has 0 aliphatic rings. The Morgan fingerprint density at radius 3 is 2.20 bits per heavy atom. The number of pyridine rings is 2. The summed E-state index contributed by atoms with van der Waals surface area (Å²) in [5, 5.41) is 3.96. The van der Waals surface area contributed by atoms with Crippen LogP contribution >= 0.6 is 11.3 Å². The molecule has 0 atom stereocenters. The Bertz CT molecular complexity index is 2010. The molecule has 3 heterocycles. The molecule has 45 heavy (non-hydrogen) atoms. The van der Waals surface area contributed by atoms with Crippen molar-refractivity contribution in [1.29, 1.82) is 0 Å². The van der Waals surface area contributed by atoms with Crippen molar-refractivity contribution in [3.8, 4) is 33.6 Å². The number of fused-ring (bicyclic) bond motifs is 3. The molecule has 5 heteroatoms. The van der Waals surface area contributed by atoms with Gasteiger partial charge in [0.1, 0.15) is 0 Å². The molecule has 0 aliphatic heterocycles. The van der Waals surface area contributed by atoms with Crippen molar-refractivity contribution in [3.63, 3.8) is 0 Å². The van der Waals surface area contributed by atoms with E-state index in [9.17, 15) is 0 Å². The Labute approximate surface area is 285 Å². The SMILES string of the molecule is CC(C)c1ccnc(-c2[c-]cc3c(c2)sc2c(-c4ccccc4)cccc23)c1.C[Si](C)(C)c1ccc(-c2[c-]cccc2)nc1.[Ir]. The van der Waals surface area contributed by atoms with Gasteiger partial charge in [0.2, 0.25) is 0 Å². The summed E-state index contributed by atoms with van der Waals surface area (Å²) in [5.74, 6) is 0.489. The molecule has 0 aliphatic carbocycles. The van der Waals surface area contributed by atoms with E-state index in [1.807, 2.05) is 48.0 Å². The maximum atomic E-state index is 4.59. The van der Waals surface area contributed by atoms with Gasteiger partial charge in [-0.2, -0.15) is 11.3 Å². The summed E-state index contributed by atoms with van der Waals surface area (Å²) in [4.78, 5) is 9.11. The molecule has 227 valence electrons. The van der Waals surface area contributed by atoms with Crippen LogP contribution in [0.15, 0.2) is 122 Å². The van der Waals surface area contributed by atoms with Crippen LogP contribution in [0.3, 0.4) is 0 Å². The van der Waals surface area contributed by atoms with E-state index in [4.69, 9.17) is 0 Å². The van der Waals surface area contributed by atoms with Crippen LogP contribution in [-0.4, -0.2) is 18.0 Å². The van der Waals surface area contributed by atoms with Crippen LogP contribution in [0.4, 0.5) is 0 Å². The number of benzene rings is 4. The molecule has 0 N–H and O–H groups in total. The Hall–Kier alpha value is -3.73. The first-order chi connectivity index (χ1) is 21.3. The summed E-state index contributed by atoms with van der Waals surface area (Å²) in [6.45, 7) is 11.4. The minimum Gasteiger partial charge on any atom is -0.305 e. The van der Waals surface area contributed by atoms with Gasteiger partial charge >= 0.3 is 0 Å². The van der Waals surface area contributed by atoms with Gasteiger partial charge in [0.05, 0.1) is 8.07 Å². The zero-order valence-electron chi connectivity index (χ0n) is 26.3. The van der Waals surface area contributed by atoms with Gasteiger partial charge in [-0.05, 0) is 49.8 Å². The van der Waals surface area contributed by atoms with Crippen molar-refractivity contribution in [1.82, 2.24) is 9.97 Å². The van der Waals surface area contributed by atoms with Gasteiger partial charge in [-0.15, -0.1) is 59.7 Å². The third kappa shape index (κ3) is 7.40. The molecule has 0 bridgehead atoms. The zero-order chi connectivity index (χ0) is 30.7. The first-order valence-corrected chi connectivity index (χ1v) is 19.4. The summed E-state index contributed by atoms with van der Waals surface area (Å²) in [6, 6.07) is 44.8. The number of thiophene rings is 1. The van der Waals surface area contributed by atoms with Crippen molar-refractivity contribution >= 4 is 44.8 Å². The van der Waals surface area contributed by atoms with Crippen LogP contribution in [0.25, 0.3) is 53.8 Å². The van der Waals surface area contributed by atoms with Crippen LogP contribution < -0.4 is 5.19 Å². The van der Waals surface area contributed by atoms with Crippen molar-refractivity contribution in [2.45, 2.75) is 39.4 Å². The second kappa shape index (κ2) is 14.1. The molecule has 2 nitrogen and oxygen atoms in total. The first kappa shape index (κ1) is 32.7. The zero-order valence-corrected chi connectivity index (χ0v) is 30.5. The third-order valence-corrected chi connectivity index (χ3v) is 11.1. The van der Waals surface area contributed by atoms with Crippen molar-refractivity contribution < 1.29 is 20.1 Å². The topological polar surface area (TPSA) is 25.8 Å². The minimum absolute atomic E-state index is 0. The quantitative estimate of drug-likeness (QED) is 0.128. The number of aromatic nitrogens is 2. The molecule has 7 rings (SSSR count). The largest absolute Gasteiger partial charge is 0.305 e. The third-order valence-electron chi connectivity index (χ3n) is 7.86. The maximum absolute atomic E-state index is 4.59. The predicted octanol–water partition coefficient (Wildman–Crippen LogP) is 10.8. The van der Waals surface area contributed by atoms with Gasteiger partial charge in [-0.3, -0.25) is 0 Å². The minimum atomic E-state index is -1.23. The molecule has 1 radical (unpaired) electrons. The summed E-state index contributed by atoms with van der Waals surface area (Å²) in [7, 11) is -1.23. The number of hydrogen-bond acceptors (Lipinski definition) is 3. The van der Waals surface area contributed by atoms with Crippen LogP contribution in [0, 0.1) is 12.1 Å². The summed E-state index contributed by atoms with van der Waals surface area (Å²) < 4.78 is 2.61. The van der Waals surface area contributed by atoms with E-state index >= 15 is 0 Å².